The smallest absolute Gasteiger partial charge is 0.243 e. The van der Waals surface area contributed by atoms with Gasteiger partial charge in [0, 0.05) is 25.8 Å². The molecule has 1 heterocycles. The summed E-state index contributed by atoms with van der Waals surface area (Å²) >= 11 is 0. The molecule has 1 aliphatic rings. The van der Waals surface area contributed by atoms with Gasteiger partial charge in [0.25, 0.3) is 0 Å². The van der Waals surface area contributed by atoms with Crippen LogP contribution < -0.4 is 11.1 Å². The Hall–Kier alpha value is -1.60. The number of sulfonamides is 1. The Balaban J connectivity index is 2.26. The molecular formula is C14H21N3O3S. The number of piperidine rings is 1. The normalized spacial score (nSPS) is 20.2. The van der Waals surface area contributed by atoms with Crippen LogP contribution in [0.5, 0.6) is 0 Å². The van der Waals surface area contributed by atoms with Crippen LogP contribution in [-0.2, 0) is 14.8 Å². The zero-order chi connectivity index (χ0) is 15.6. The minimum Gasteiger partial charge on any atom is -0.399 e. The molecule has 1 fully saturated rings. The number of benzene rings is 1. The van der Waals surface area contributed by atoms with Crippen LogP contribution in [0.3, 0.4) is 0 Å². The highest BCUT2D eigenvalue weighted by molar-refractivity contribution is 7.89. The van der Waals surface area contributed by atoms with Gasteiger partial charge < -0.3 is 11.1 Å². The van der Waals surface area contributed by atoms with Crippen molar-refractivity contribution in [3.8, 4) is 0 Å². The van der Waals surface area contributed by atoms with Crippen molar-refractivity contribution in [3.63, 3.8) is 0 Å². The largest absolute Gasteiger partial charge is 0.399 e. The molecule has 2 rings (SSSR count). The number of nitrogens with one attached hydrogen (secondary N) is 1. The first kappa shape index (κ1) is 15.8. The molecule has 1 saturated heterocycles. The van der Waals surface area contributed by atoms with Crippen LogP contribution in [0.15, 0.2) is 23.1 Å². The Bertz CT molecular complexity index is 643. The Morgan fingerprint density at radius 3 is 2.76 bits per heavy atom. The van der Waals surface area contributed by atoms with Crippen molar-refractivity contribution < 1.29 is 13.2 Å². The molecule has 0 radical (unpaired) electrons. The predicted octanol–water partition coefficient (Wildman–Crippen LogP) is 0.724. The number of nitrogens with zero attached hydrogens (tertiary/aromatic N) is 1. The molecule has 0 bridgehead atoms. The third-order valence-electron chi connectivity index (χ3n) is 3.88. The fourth-order valence-corrected chi connectivity index (χ4v) is 4.15. The van der Waals surface area contributed by atoms with Gasteiger partial charge in [0.05, 0.1) is 10.8 Å². The van der Waals surface area contributed by atoms with Gasteiger partial charge in [-0.3, -0.25) is 4.79 Å². The molecule has 1 amide bonds. The second kappa shape index (κ2) is 6.03. The van der Waals surface area contributed by atoms with Crippen LogP contribution in [0.4, 0.5) is 5.69 Å². The molecule has 6 nitrogen and oxygen atoms in total. The summed E-state index contributed by atoms with van der Waals surface area (Å²) in [7, 11) is -2.01. The zero-order valence-electron chi connectivity index (χ0n) is 12.3. The standard InChI is InChI=1S/C14H21N3O3S/c1-10-8-12(5-6-13(10)15)21(19,20)17-7-3-4-11(9-17)14(18)16-2/h5-6,8,11H,3-4,7,9,15H2,1-2H3,(H,16,18). The molecule has 1 atom stereocenters. The number of nitrogen functional groups attached to an aromatic ring is 1. The second-order valence-corrected chi connectivity index (χ2v) is 7.27. The first-order valence-electron chi connectivity index (χ1n) is 6.94. The Labute approximate surface area is 125 Å². The van der Waals surface area contributed by atoms with Crippen molar-refractivity contribution in [1.82, 2.24) is 9.62 Å². The van der Waals surface area contributed by atoms with E-state index >= 15 is 0 Å². The van der Waals surface area contributed by atoms with Gasteiger partial charge in [0.1, 0.15) is 0 Å². The second-order valence-electron chi connectivity index (χ2n) is 5.33. The number of aryl methyl sites for hydroxylation is 1. The zero-order valence-corrected chi connectivity index (χ0v) is 13.1. The molecule has 1 unspecified atom stereocenters. The van der Waals surface area contributed by atoms with Crippen LogP contribution in [-0.4, -0.2) is 38.8 Å². The fraction of sp³-hybridized carbons (Fsp3) is 0.500. The Morgan fingerprint density at radius 2 is 2.14 bits per heavy atom. The highest BCUT2D eigenvalue weighted by Crippen LogP contribution is 2.25. The highest BCUT2D eigenvalue weighted by atomic mass is 32.2. The number of rotatable bonds is 3. The van der Waals surface area contributed by atoms with Gasteiger partial charge in [-0.15, -0.1) is 0 Å². The molecule has 3 N–H and O–H groups in total. The number of carbonyl (C=O) groups is 1. The van der Waals surface area contributed by atoms with E-state index in [-0.39, 0.29) is 23.3 Å². The number of carbonyl (C=O) groups excluding carboxylic acids is 1. The summed E-state index contributed by atoms with van der Waals surface area (Å²) in [4.78, 5) is 12.0. The lowest BCUT2D eigenvalue weighted by Crippen LogP contribution is -2.44. The van der Waals surface area contributed by atoms with Gasteiger partial charge in [-0.25, -0.2) is 8.42 Å². The third-order valence-corrected chi connectivity index (χ3v) is 5.74. The molecule has 1 aliphatic heterocycles. The fourth-order valence-electron chi connectivity index (χ4n) is 2.54. The van der Waals surface area contributed by atoms with E-state index in [4.69, 9.17) is 5.73 Å². The van der Waals surface area contributed by atoms with E-state index in [1.807, 2.05) is 0 Å². The molecule has 1 aromatic rings. The van der Waals surface area contributed by atoms with Crippen molar-refractivity contribution >= 4 is 21.6 Å². The van der Waals surface area contributed by atoms with Gasteiger partial charge in [-0.05, 0) is 43.5 Å². The van der Waals surface area contributed by atoms with E-state index < -0.39 is 10.0 Å². The van der Waals surface area contributed by atoms with Gasteiger partial charge in [-0.2, -0.15) is 4.31 Å². The number of anilines is 1. The summed E-state index contributed by atoms with van der Waals surface area (Å²) in [5, 5.41) is 2.59. The van der Waals surface area contributed by atoms with E-state index in [1.165, 1.54) is 10.4 Å². The molecule has 0 saturated carbocycles. The third kappa shape index (κ3) is 3.19. The maximum absolute atomic E-state index is 12.7. The first-order valence-corrected chi connectivity index (χ1v) is 8.38. The highest BCUT2D eigenvalue weighted by Gasteiger charge is 2.33. The number of amides is 1. The predicted molar refractivity (Wildman–Crippen MR) is 81.1 cm³/mol. The van der Waals surface area contributed by atoms with Gasteiger partial charge in [0.2, 0.25) is 15.9 Å². The SMILES string of the molecule is CNC(=O)C1CCCN(S(=O)(=O)c2ccc(N)c(C)c2)C1. The van der Waals surface area contributed by atoms with Crippen LogP contribution >= 0.6 is 0 Å². The summed E-state index contributed by atoms with van der Waals surface area (Å²) < 4.78 is 26.7. The molecule has 1 aromatic carbocycles. The van der Waals surface area contributed by atoms with E-state index in [2.05, 4.69) is 5.32 Å². The summed E-state index contributed by atoms with van der Waals surface area (Å²) in [6.45, 7) is 2.45. The average molecular weight is 311 g/mol. The van der Waals surface area contributed by atoms with Gasteiger partial charge in [0.15, 0.2) is 0 Å². The molecule has 116 valence electrons. The lowest BCUT2D eigenvalue weighted by atomic mass is 9.99. The van der Waals surface area contributed by atoms with Crippen molar-refractivity contribution in [1.29, 1.82) is 0 Å². The summed E-state index contributed by atoms with van der Waals surface area (Å²) in [6.07, 6.45) is 1.40. The number of hydrogen-bond acceptors (Lipinski definition) is 4. The average Bonchev–Trinajstić information content (AvgIpc) is 2.49. The molecular weight excluding hydrogens is 290 g/mol. The molecule has 0 spiro atoms. The molecule has 21 heavy (non-hydrogen) atoms. The summed E-state index contributed by atoms with van der Waals surface area (Å²) in [5.41, 5.74) is 7.03. The summed E-state index contributed by atoms with van der Waals surface area (Å²) in [6, 6.07) is 4.69. The Morgan fingerprint density at radius 1 is 1.43 bits per heavy atom. The van der Waals surface area contributed by atoms with E-state index in [0.29, 0.717) is 25.1 Å². The lowest BCUT2D eigenvalue weighted by Gasteiger charge is -2.31. The van der Waals surface area contributed by atoms with Gasteiger partial charge in [-0.1, -0.05) is 0 Å². The van der Waals surface area contributed by atoms with Crippen LogP contribution in [0.2, 0.25) is 0 Å². The maximum atomic E-state index is 12.7. The minimum atomic E-state index is -3.58. The van der Waals surface area contributed by atoms with Gasteiger partial charge >= 0.3 is 0 Å². The lowest BCUT2D eigenvalue weighted by molar-refractivity contribution is -0.125. The van der Waals surface area contributed by atoms with Crippen LogP contribution in [0.25, 0.3) is 0 Å². The van der Waals surface area contributed by atoms with Crippen molar-refractivity contribution in [2.45, 2.75) is 24.7 Å². The van der Waals surface area contributed by atoms with E-state index in [1.54, 1.807) is 26.1 Å². The van der Waals surface area contributed by atoms with Crippen molar-refractivity contribution in [2.75, 3.05) is 25.9 Å². The quantitative estimate of drug-likeness (QED) is 0.805. The Kier molecular flexibility index (Phi) is 4.53. The molecule has 7 heteroatoms. The van der Waals surface area contributed by atoms with E-state index in [9.17, 15) is 13.2 Å². The topological polar surface area (TPSA) is 92.5 Å². The monoisotopic (exact) mass is 311 g/mol. The minimum absolute atomic E-state index is 0.108. The molecule has 0 aliphatic carbocycles. The van der Waals surface area contributed by atoms with Crippen LogP contribution in [0.1, 0.15) is 18.4 Å². The number of nitrogens with two attached hydrogens (primary N) is 1. The van der Waals surface area contributed by atoms with E-state index in [0.717, 1.165) is 5.56 Å². The first-order chi connectivity index (χ1) is 9.86. The summed E-state index contributed by atoms with van der Waals surface area (Å²) in [5.74, 6) is -0.392. The number of hydrogen-bond donors (Lipinski definition) is 2. The molecule has 0 aromatic heterocycles. The maximum Gasteiger partial charge on any atom is 0.243 e. The van der Waals surface area contributed by atoms with Crippen molar-refractivity contribution in [2.24, 2.45) is 5.92 Å². The van der Waals surface area contributed by atoms with Crippen LogP contribution in [0, 0.1) is 12.8 Å². The van der Waals surface area contributed by atoms with Crippen molar-refractivity contribution in [3.05, 3.63) is 23.8 Å².